The Labute approximate surface area is 166 Å². The van der Waals surface area contributed by atoms with Gasteiger partial charge in [0.05, 0.1) is 11.0 Å². The van der Waals surface area contributed by atoms with Gasteiger partial charge in [-0.15, -0.1) is 0 Å². The van der Waals surface area contributed by atoms with Crippen molar-refractivity contribution < 1.29 is 9.21 Å². The number of amides is 1. The molecular formula is C24H26N2O2. The largest absolute Gasteiger partial charge is 0.466 e. The van der Waals surface area contributed by atoms with Crippen LogP contribution in [0.5, 0.6) is 0 Å². The van der Waals surface area contributed by atoms with E-state index in [0.29, 0.717) is 22.4 Å². The third-order valence-electron chi connectivity index (χ3n) is 4.71. The summed E-state index contributed by atoms with van der Waals surface area (Å²) in [6, 6.07) is 13.8. The number of hydrogen-bond donors (Lipinski definition) is 1. The molecule has 1 N–H and O–H groups in total. The van der Waals surface area contributed by atoms with Crippen LogP contribution in [0.4, 0.5) is 11.4 Å². The van der Waals surface area contributed by atoms with Gasteiger partial charge >= 0.3 is 0 Å². The van der Waals surface area contributed by atoms with Crippen LogP contribution < -0.4 is 10.7 Å². The molecule has 1 heterocycles. The van der Waals surface area contributed by atoms with E-state index >= 15 is 0 Å². The van der Waals surface area contributed by atoms with E-state index in [-0.39, 0.29) is 5.91 Å². The number of benzene rings is 2. The highest BCUT2D eigenvalue weighted by molar-refractivity contribution is 6.05. The molecule has 3 aromatic rings. The Bertz CT molecular complexity index is 1120. The predicted molar refractivity (Wildman–Crippen MR) is 113 cm³/mol. The Morgan fingerprint density at radius 3 is 2.14 bits per heavy atom. The van der Waals surface area contributed by atoms with Crippen molar-refractivity contribution in [2.45, 2.75) is 41.5 Å². The summed E-state index contributed by atoms with van der Waals surface area (Å²) in [5, 5.41) is 3.61. The van der Waals surface area contributed by atoms with Crippen LogP contribution in [0.3, 0.4) is 0 Å². The zero-order valence-electron chi connectivity index (χ0n) is 17.3. The molecule has 0 saturated heterocycles. The average Bonchev–Trinajstić information content (AvgIpc) is 2.59. The fraction of sp³-hybridized carbons (Fsp3) is 0.250. The van der Waals surface area contributed by atoms with Crippen molar-refractivity contribution in [1.82, 2.24) is 0 Å². The maximum Gasteiger partial charge on any atom is 0.261 e. The molecule has 0 atom stereocenters. The number of anilines is 1. The van der Waals surface area contributed by atoms with Crippen molar-refractivity contribution in [2.75, 3.05) is 5.32 Å². The first-order chi connectivity index (χ1) is 13.2. The maximum atomic E-state index is 13.1. The van der Waals surface area contributed by atoms with Crippen LogP contribution >= 0.6 is 0 Å². The van der Waals surface area contributed by atoms with Gasteiger partial charge in [0.15, 0.2) is 0 Å². The van der Waals surface area contributed by atoms with Crippen LogP contribution in [-0.2, 0) is 0 Å². The van der Waals surface area contributed by atoms with Gasteiger partial charge in [0.2, 0.25) is 0 Å². The minimum absolute atomic E-state index is 0.225. The summed E-state index contributed by atoms with van der Waals surface area (Å²) in [5.74, 6) is 1.03. The lowest BCUT2D eigenvalue weighted by molar-refractivity contribution is 0.102. The van der Waals surface area contributed by atoms with Gasteiger partial charge in [-0.05, 0) is 64.8 Å². The van der Waals surface area contributed by atoms with Crippen LogP contribution in [0.15, 0.2) is 51.9 Å². The molecule has 0 unspecified atom stereocenters. The second-order valence-electron chi connectivity index (χ2n) is 7.35. The SMILES string of the molecule is Cc1ccc(N=c2cc(C)oc(C)c2C(=O)Nc2ccc(C)cc2C)c(C)c1. The minimum Gasteiger partial charge on any atom is -0.466 e. The molecule has 0 aliphatic rings. The van der Waals surface area contributed by atoms with Crippen molar-refractivity contribution >= 4 is 17.3 Å². The van der Waals surface area contributed by atoms with Gasteiger partial charge in [-0.25, -0.2) is 4.99 Å². The highest BCUT2D eigenvalue weighted by atomic mass is 16.3. The summed E-state index contributed by atoms with van der Waals surface area (Å²) >= 11 is 0. The number of carbonyl (C=O) groups excluding carboxylic acids is 1. The molecule has 0 aliphatic heterocycles. The minimum atomic E-state index is -0.225. The summed E-state index contributed by atoms with van der Waals surface area (Å²) in [6.07, 6.45) is 0. The number of aryl methyl sites for hydroxylation is 6. The number of nitrogens with one attached hydrogen (secondary N) is 1. The maximum absolute atomic E-state index is 13.1. The summed E-state index contributed by atoms with van der Waals surface area (Å²) < 4.78 is 5.72. The monoisotopic (exact) mass is 374 g/mol. The van der Waals surface area contributed by atoms with Crippen LogP contribution in [-0.4, -0.2) is 5.91 Å². The second kappa shape index (κ2) is 7.85. The smallest absolute Gasteiger partial charge is 0.261 e. The highest BCUT2D eigenvalue weighted by Gasteiger charge is 2.16. The fourth-order valence-corrected chi connectivity index (χ4v) is 3.33. The molecule has 0 saturated carbocycles. The molecule has 3 rings (SSSR count). The van der Waals surface area contributed by atoms with Crippen LogP contribution in [0.2, 0.25) is 0 Å². The van der Waals surface area contributed by atoms with Gasteiger partial charge in [-0.3, -0.25) is 4.79 Å². The van der Waals surface area contributed by atoms with Gasteiger partial charge in [0.25, 0.3) is 5.91 Å². The van der Waals surface area contributed by atoms with Gasteiger partial charge in [0.1, 0.15) is 17.1 Å². The van der Waals surface area contributed by atoms with Crippen molar-refractivity contribution in [3.8, 4) is 0 Å². The van der Waals surface area contributed by atoms with E-state index in [9.17, 15) is 4.79 Å². The quantitative estimate of drug-likeness (QED) is 0.647. The number of nitrogens with zero attached hydrogens (tertiary/aromatic N) is 1. The third kappa shape index (κ3) is 4.22. The molecule has 0 bridgehead atoms. The molecule has 0 radical (unpaired) electrons. The first kappa shape index (κ1) is 19.6. The van der Waals surface area contributed by atoms with Crippen molar-refractivity contribution in [1.29, 1.82) is 0 Å². The van der Waals surface area contributed by atoms with Crippen molar-refractivity contribution in [3.05, 3.63) is 87.2 Å². The average molecular weight is 374 g/mol. The zero-order valence-corrected chi connectivity index (χ0v) is 17.3. The summed E-state index contributed by atoms with van der Waals surface area (Å²) in [4.78, 5) is 17.9. The Morgan fingerprint density at radius 2 is 1.50 bits per heavy atom. The number of rotatable bonds is 3. The summed E-state index contributed by atoms with van der Waals surface area (Å²) in [7, 11) is 0. The molecule has 144 valence electrons. The standard InChI is InChI=1S/C24H26N2O2/c1-14-7-9-20(16(3)11-14)25-22-13-18(5)28-19(6)23(22)24(27)26-21-10-8-15(2)12-17(21)4/h7-13H,1-6H3,(H,26,27). The Hall–Kier alpha value is -3.14. The first-order valence-corrected chi connectivity index (χ1v) is 9.36. The molecule has 28 heavy (non-hydrogen) atoms. The Morgan fingerprint density at radius 1 is 0.857 bits per heavy atom. The van der Waals surface area contributed by atoms with E-state index in [1.165, 1.54) is 5.56 Å². The first-order valence-electron chi connectivity index (χ1n) is 9.36. The van der Waals surface area contributed by atoms with E-state index in [4.69, 9.17) is 9.41 Å². The summed E-state index contributed by atoms with van der Waals surface area (Å²) in [6.45, 7) is 11.7. The van der Waals surface area contributed by atoms with Crippen LogP contribution in [0.25, 0.3) is 0 Å². The van der Waals surface area contributed by atoms with Crippen molar-refractivity contribution in [3.63, 3.8) is 0 Å². The van der Waals surface area contributed by atoms with Gasteiger partial charge < -0.3 is 9.73 Å². The Balaban J connectivity index is 2.10. The number of carbonyl (C=O) groups is 1. The molecule has 4 nitrogen and oxygen atoms in total. The normalized spacial score (nSPS) is 11.6. The molecular weight excluding hydrogens is 348 g/mol. The van der Waals surface area contributed by atoms with Gasteiger partial charge in [0, 0.05) is 11.8 Å². The zero-order chi connectivity index (χ0) is 20.4. The molecule has 0 fully saturated rings. The lowest BCUT2D eigenvalue weighted by Gasteiger charge is -2.11. The number of hydrogen-bond acceptors (Lipinski definition) is 3. The lowest BCUT2D eigenvalue weighted by atomic mass is 10.1. The van der Waals surface area contributed by atoms with Crippen LogP contribution in [0.1, 0.15) is 44.1 Å². The fourth-order valence-electron chi connectivity index (χ4n) is 3.33. The van der Waals surface area contributed by atoms with E-state index in [2.05, 4.69) is 18.3 Å². The van der Waals surface area contributed by atoms with Crippen molar-refractivity contribution in [2.24, 2.45) is 4.99 Å². The summed E-state index contributed by atoms with van der Waals surface area (Å²) in [5.41, 5.74) is 6.50. The van der Waals surface area contributed by atoms with E-state index in [1.807, 2.05) is 64.1 Å². The van der Waals surface area contributed by atoms with E-state index in [1.54, 1.807) is 6.92 Å². The van der Waals surface area contributed by atoms with Gasteiger partial charge in [-0.2, -0.15) is 0 Å². The molecule has 4 heteroatoms. The van der Waals surface area contributed by atoms with E-state index in [0.717, 1.165) is 28.1 Å². The molecule has 1 aromatic heterocycles. The molecule has 0 aliphatic carbocycles. The third-order valence-corrected chi connectivity index (χ3v) is 4.71. The van der Waals surface area contributed by atoms with Gasteiger partial charge in [-0.1, -0.05) is 35.4 Å². The topological polar surface area (TPSA) is 54.6 Å². The lowest BCUT2D eigenvalue weighted by Crippen LogP contribution is -2.24. The molecule has 2 aromatic carbocycles. The van der Waals surface area contributed by atoms with E-state index < -0.39 is 0 Å². The Kier molecular flexibility index (Phi) is 5.50. The van der Waals surface area contributed by atoms with Crippen LogP contribution in [0, 0.1) is 41.5 Å². The predicted octanol–water partition coefficient (Wildman–Crippen LogP) is 5.61. The molecule has 0 spiro atoms. The molecule has 1 amide bonds. The highest BCUT2D eigenvalue weighted by Crippen LogP contribution is 2.20. The second-order valence-corrected chi connectivity index (χ2v) is 7.35.